The minimum atomic E-state index is 0.208. The van der Waals surface area contributed by atoms with Crippen LogP contribution in [0.15, 0.2) is 0 Å². The summed E-state index contributed by atoms with van der Waals surface area (Å²) in [4.78, 5) is 0. The van der Waals surface area contributed by atoms with Crippen LogP contribution in [0.4, 0.5) is 0 Å². The first-order valence-corrected chi connectivity index (χ1v) is 4.92. The smallest absolute Gasteiger partial charge is 0.0672 e. The van der Waals surface area contributed by atoms with Gasteiger partial charge in [0.2, 0.25) is 0 Å². The molecule has 1 fully saturated rings. The summed E-state index contributed by atoms with van der Waals surface area (Å²) in [6.07, 6.45) is 3.36. The summed E-state index contributed by atoms with van der Waals surface area (Å²) in [5.41, 5.74) is 0. The molecule has 0 aliphatic heterocycles. The van der Waals surface area contributed by atoms with E-state index in [2.05, 4.69) is 18.3 Å². The molecule has 1 N–H and O–H groups in total. The predicted molar refractivity (Wildman–Crippen MR) is 51.2 cm³/mol. The second-order valence-electron chi connectivity index (χ2n) is 3.80. The molecule has 0 aromatic rings. The standard InChI is InChI=1S/C10H18N2O/c1-8(7-13-2)12-10-5-3-4-9(10)6-11/h8-10,12H,3-5,7H2,1-2H3. The summed E-state index contributed by atoms with van der Waals surface area (Å²) in [6.45, 7) is 2.81. The van der Waals surface area contributed by atoms with Gasteiger partial charge in [-0.3, -0.25) is 0 Å². The van der Waals surface area contributed by atoms with Crippen LogP contribution in [0.3, 0.4) is 0 Å². The van der Waals surface area contributed by atoms with Gasteiger partial charge in [-0.05, 0) is 19.8 Å². The highest BCUT2D eigenvalue weighted by Gasteiger charge is 2.27. The van der Waals surface area contributed by atoms with E-state index in [4.69, 9.17) is 10.00 Å². The van der Waals surface area contributed by atoms with Crippen LogP contribution in [0.2, 0.25) is 0 Å². The van der Waals surface area contributed by atoms with Gasteiger partial charge in [-0.1, -0.05) is 6.42 Å². The summed E-state index contributed by atoms with van der Waals surface area (Å²) in [5, 5.41) is 12.3. The van der Waals surface area contributed by atoms with Crippen molar-refractivity contribution in [3.63, 3.8) is 0 Å². The van der Waals surface area contributed by atoms with Crippen LogP contribution in [-0.4, -0.2) is 25.8 Å². The third-order valence-electron chi connectivity index (χ3n) is 2.60. The number of nitrogens with zero attached hydrogens (tertiary/aromatic N) is 1. The fraction of sp³-hybridized carbons (Fsp3) is 0.900. The molecule has 0 spiro atoms. The lowest BCUT2D eigenvalue weighted by atomic mass is 10.1. The highest BCUT2D eigenvalue weighted by Crippen LogP contribution is 2.25. The maximum absolute atomic E-state index is 8.86. The molecule has 3 nitrogen and oxygen atoms in total. The second kappa shape index (κ2) is 5.21. The zero-order valence-corrected chi connectivity index (χ0v) is 8.42. The third-order valence-corrected chi connectivity index (χ3v) is 2.60. The van der Waals surface area contributed by atoms with Gasteiger partial charge in [0, 0.05) is 19.2 Å². The van der Waals surface area contributed by atoms with E-state index in [0.29, 0.717) is 18.7 Å². The van der Waals surface area contributed by atoms with Gasteiger partial charge in [-0.2, -0.15) is 5.26 Å². The first-order valence-electron chi connectivity index (χ1n) is 4.92. The van der Waals surface area contributed by atoms with Crippen molar-refractivity contribution in [2.75, 3.05) is 13.7 Å². The van der Waals surface area contributed by atoms with Crippen molar-refractivity contribution in [1.82, 2.24) is 5.32 Å². The molecular weight excluding hydrogens is 164 g/mol. The SMILES string of the molecule is COCC(C)NC1CCCC1C#N. The van der Waals surface area contributed by atoms with E-state index in [-0.39, 0.29) is 5.92 Å². The van der Waals surface area contributed by atoms with Gasteiger partial charge >= 0.3 is 0 Å². The Morgan fingerprint density at radius 1 is 1.62 bits per heavy atom. The maximum Gasteiger partial charge on any atom is 0.0672 e. The fourth-order valence-corrected chi connectivity index (χ4v) is 1.98. The van der Waals surface area contributed by atoms with E-state index in [1.54, 1.807) is 7.11 Å². The molecule has 0 heterocycles. The molecule has 0 radical (unpaired) electrons. The van der Waals surface area contributed by atoms with Gasteiger partial charge in [0.05, 0.1) is 18.6 Å². The molecule has 0 aromatic carbocycles. The van der Waals surface area contributed by atoms with Crippen molar-refractivity contribution >= 4 is 0 Å². The lowest BCUT2D eigenvalue weighted by Gasteiger charge is -2.20. The molecular formula is C10H18N2O. The van der Waals surface area contributed by atoms with Crippen LogP contribution in [0.25, 0.3) is 0 Å². The van der Waals surface area contributed by atoms with Gasteiger partial charge in [-0.15, -0.1) is 0 Å². The molecule has 1 aliphatic carbocycles. The van der Waals surface area contributed by atoms with Gasteiger partial charge in [-0.25, -0.2) is 0 Å². The summed E-state index contributed by atoms with van der Waals surface area (Å²) in [6, 6.07) is 3.09. The number of nitrogens with one attached hydrogen (secondary N) is 1. The lowest BCUT2D eigenvalue weighted by molar-refractivity contribution is 0.164. The van der Waals surface area contributed by atoms with E-state index >= 15 is 0 Å². The number of nitriles is 1. The van der Waals surface area contributed by atoms with Gasteiger partial charge in [0.15, 0.2) is 0 Å². The minimum absolute atomic E-state index is 0.208. The zero-order chi connectivity index (χ0) is 9.68. The Kier molecular flexibility index (Phi) is 4.20. The molecule has 3 unspecified atom stereocenters. The molecule has 3 heteroatoms. The highest BCUT2D eigenvalue weighted by molar-refractivity contribution is 4.97. The number of hydrogen-bond acceptors (Lipinski definition) is 3. The Morgan fingerprint density at radius 3 is 3.00 bits per heavy atom. The van der Waals surface area contributed by atoms with E-state index < -0.39 is 0 Å². The number of rotatable bonds is 4. The molecule has 0 aromatic heterocycles. The molecule has 0 bridgehead atoms. The van der Waals surface area contributed by atoms with Crippen molar-refractivity contribution < 1.29 is 4.74 Å². The van der Waals surface area contributed by atoms with Crippen LogP contribution in [0.5, 0.6) is 0 Å². The summed E-state index contributed by atoms with van der Waals surface area (Å²) in [7, 11) is 1.70. The van der Waals surface area contributed by atoms with Crippen molar-refractivity contribution in [3.8, 4) is 6.07 Å². The Hall–Kier alpha value is -0.590. The van der Waals surface area contributed by atoms with E-state index in [1.165, 1.54) is 6.42 Å². The first-order chi connectivity index (χ1) is 6.27. The molecule has 3 atom stereocenters. The van der Waals surface area contributed by atoms with Crippen LogP contribution in [-0.2, 0) is 4.74 Å². The molecule has 74 valence electrons. The molecule has 1 rings (SSSR count). The van der Waals surface area contributed by atoms with Crippen LogP contribution in [0, 0.1) is 17.2 Å². The van der Waals surface area contributed by atoms with Crippen molar-refractivity contribution in [1.29, 1.82) is 5.26 Å². The average Bonchev–Trinajstić information content (AvgIpc) is 2.52. The second-order valence-corrected chi connectivity index (χ2v) is 3.80. The van der Waals surface area contributed by atoms with Gasteiger partial charge < -0.3 is 10.1 Å². The largest absolute Gasteiger partial charge is 0.383 e. The Balaban J connectivity index is 2.31. The fourth-order valence-electron chi connectivity index (χ4n) is 1.98. The molecule has 1 saturated carbocycles. The van der Waals surface area contributed by atoms with E-state index in [0.717, 1.165) is 12.8 Å². The third kappa shape index (κ3) is 2.98. The number of methoxy groups -OCH3 is 1. The quantitative estimate of drug-likeness (QED) is 0.713. The zero-order valence-electron chi connectivity index (χ0n) is 8.42. The van der Waals surface area contributed by atoms with Gasteiger partial charge in [0.1, 0.15) is 0 Å². The molecule has 1 aliphatic rings. The monoisotopic (exact) mass is 182 g/mol. The lowest BCUT2D eigenvalue weighted by Crippen LogP contribution is -2.40. The molecule has 0 amide bonds. The summed E-state index contributed by atoms with van der Waals surface area (Å²) >= 11 is 0. The van der Waals surface area contributed by atoms with Gasteiger partial charge in [0.25, 0.3) is 0 Å². The van der Waals surface area contributed by atoms with E-state index in [9.17, 15) is 0 Å². The normalized spacial score (nSPS) is 29.9. The predicted octanol–water partition coefficient (Wildman–Crippen LogP) is 1.30. The topological polar surface area (TPSA) is 45.0 Å². The van der Waals surface area contributed by atoms with Crippen molar-refractivity contribution in [3.05, 3.63) is 0 Å². The average molecular weight is 182 g/mol. The van der Waals surface area contributed by atoms with Crippen molar-refractivity contribution in [2.24, 2.45) is 5.92 Å². The summed E-state index contributed by atoms with van der Waals surface area (Å²) in [5.74, 6) is 0.208. The van der Waals surface area contributed by atoms with E-state index in [1.807, 2.05) is 0 Å². The Morgan fingerprint density at radius 2 is 2.38 bits per heavy atom. The molecule has 0 saturated heterocycles. The Labute approximate surface area is 80.1 Å². The van der Waals surface area contributed by atoms with Crippen LogP contribution >= 0.6 is 0 Å². The molecule has 13 heavy (non-hydrogen) atoms. The maximum atomic E-state index is 8.86. The number of hydrogen-bond donors (Lipinski definition) is 1. The Bertz CT molecular complexity index is 188. The first kappa shape index (κ1) is 10.5. The summed E-state index contributed by atoms with van der Waals surface area (Å²) < 4.78 is 5.04. The van der Waals surface area contributed by atoms with Crippen molar-refractivity contribution in [2.45, 2.75) is 38.3 Å². The minimum Gasteiger partial charge on any atom is -0.383 e. The van der Waals surface area contributed by atoms with Crippen LogP contribution < -0.4 is 5.32 Å². The highest BCUT2D eigenvalue weighted by atomic mass is 16.5. The van der Waals surface area contributed by atoms with Crippen LogP contribution in [0.1, 0.15) is 26.2 Å². The number of ether oxygens (including phenoxy) is 1.